The van der Waals surface area contributed by atoms with E-state index in [4.69, 9.17) is 4.74 Å². The van der Waals surface area contributed by atoms with Crippen molar-refractivity contribution in [1.82, 2.24) is 0 Å². The molecule has 0 heterocycles. The third kappa shape index (κ3) is 2.84. The van der Waals surface area contributed by atoms with Crippen LogP contribution in [0.2, 0.25) is 0 Å². The van der Waals surface area contributed by atoms with Crippen molar-refractivity contribution in [2.45, 2.75) is 33.7 Å². The Morgan fingerprint density at radius 2 is 1.89 bits per heavy atom. The standard InChI is InChI=1S/C15H23NO2/c1-10(2)11(3)16(5)13-8-7-9-14(18-6)15(13)12(4)17/h7-11H,1-6H3. The van der Waals surface area contributed by atoms with E-state index in [0.29, 0.717) is 23.3 Å². The van der Waals surface area contributed by atoms with Crippen molar-refractivity contribution in [1.29, 1.82) is 0 Å². The number of rotatable bonds is 5. The summed E-state index contributed by atoms with van der Waals surface area (Å²) >= 11 is 0. The van der Waals surface area contributed by atoms with E-state index in [1.165, 1.54) is 0 Å². The lowest BCUT2D eigenvalue weighted by Gasteiger charge is -2.31. The normalized spacial score (nSPS) is 12.4. The van der Waals surface area contributed by atoms with E-state index in [9.17, 15) is 4.79 Å². The Bertz CT molecular complexity index is 427. The van der Waals surface area contributed by atoms with Gasteiger partial charge in [-0.3, -0.25) is 4.79 Å². The number of ketones is 1. The number of carbonyl (C=O) groups is 1. The third-order valence-electron chi connectivity index (χ3n) is 3.53. The zero-order valence-electron chi connectivity index (χ0n) is 12.2. The van der Waals surface area contributed by atoms with Crippen molar-refractivity contribution in [2.24, 2.45) is 5.92 Å². The average Bonchev–Trinajstić information content (AvgIpc) is 2.35. The SMILES string of the molecule is COc1cccc(N(C)C(C)C(C)C)c1C(C)=O. The van der Waals surface area contributed by atoms with E-state index < -0.39 is 0 Å². The number of ether oxygens (including phenoxy) is 1. The fourth-order valence-corrected chi connectivity index (χ4v) is 2.00. The quantitative estimate of drug-likeness (QED) is 0.749. The van der Waals surface area contributed by atoms with Crippen molar-refractivity contribution in [2.75, 3.05) is 19.1 Å². The first-order valence-corrected chi connectivity index (χ1v) is 6.30. The summed E-state index contributed by atoms with van der Waals surface area (Å²) in [5.74, 6) is 1.19. The van der Waals surface area contributed by atoms with Gasteiger partial charge in [0.25, 0.3) is 0 Å². The van der Waals surface area contributed by atoms with Gasteiger partial charge in [-0.25, -0.2) is 0 Å². The van der Waals surface area contributed by atoms with Crippen molar-refractivity contribution in [3.05, 3.63) is 23.8 Å². The molecule has 3 heteroatoms. The Hall–Kier alpha value is -1.51. The van der Waals surface area contributed by atoms with Crippen LogP contribution >= 0.6 is 0 Å². The Morgan fingerprint density at radius 1 is 1.28 bits per heavy atom. The molecule has 1 unspecified atom stereocenters. The molecule has 1 aromatic rings. The number of nitrogens with zero attached hydrogens (tertiary/aromatic N) is 1. The molecular weight excluding hydrogens is 226 g/mol. The maximum Gasteiger partial charge on any atom is 0.165 e. The molecule has 1 aromatic carbocycles. The van der Waals surface area contributed by atoms with Gasteiger partial charge >= 0.3 is 0 Å². The van der Waals surface area contributed by atoms with Crippen LogP contribution < -0.4 is 9.64 Å². The first-order chi connectivity index (χ1) is 8.40. The molecule has 0 radical (unpaired) electrons. The highest BCUT2D eigenvalue weighted by atomic mass is 16.5. The molecule has 18 heavy (non-hydrogen) atoms. The van der Waals surface area contributed by atoms with Crippen LogP contribution in [0, 0.1) is 5.92 Å². The molecular formula is C15H23NO2. The summed E-state index contributed by atoms with van der Waals surface area (Å²) in [7, 11) is 3.61. The molecule has 0 spiro atoms. The monoisotopic (exact) mass is 249 g/mol. The topological polar surface area (TPSA) is 29.5 Å². The first-order valence-electron chi connectivity index (χ1n) is 6.30. The van der Waals surface area contributed by atoms with Crippen LogP contribution in [0.3, 0.4) is 0 Å². The largest absolute Gasteiger partial charge is 0.496 e. The molecule has 3 nitrogen and oxygen atoms in total. The van der Waals surface area contributed by atoms with Crippen LogP contribution in [0.25, 0.3) is 0 Å². The lowest BCUT2D eigenvalue weighted by atomic mass is 10.0. The second-order valence-corrected chi connectivity index (χ2v) is 5.01. The van der Waals surface area contributed by atoms with E-state index in [1.54, 1.807) is 14.0 Å². The van der Waals surface area contributed by atoms with Crippen molar-refractivity contribution in [3.63, 3.8) is 0 Å². The summed E-state index contributed by atoms with van der Waals surface area (Å²) in [6.45, 7) is 8.09. The molecule has 0 N–H and O–H groups in total. The molecule has 0 aliphatic heterocycles. The van der Waals surface area contributed by atoms with Crippen molar-refractivity contribution >= 4 is 11.5 Å². The van der Waals surface area contributed by atoms with Crippen LogP contribution in [-0.4, -0.2) is 26.0 Å². The average molecular weight is 249 g/mol. The highest BCUT2D eigenvalue weighted by Crippen LogP contribution is 2.31. The number of anilines is 1. The van der Waals surface area contributed by atoms with E-state index in [-0.39, 0.29) is 5.78 Å². The summed E-state index contributed by atoms with van der Waals surface area (Å²) in [5.41, 5.74) is 1.60. The van der Waals surface area contributed by atoms with Crippen LogP contribution in [0.1, 0.15) is 38.1 Å². The molecule has 0 fully saturated rings. The Balaban J connectivity index is 3.27. The second kappa shape index (κ2) is 5.89. The van der Waals surface area contributed by atoms with Gasteiger partial charge in [0.05, 0.1) is 18.4 Å². The predicted molar refractivity (Wildman–Crippen MR) is 75.7 cm³/mol. The molecule has 1 atom stereocenters. The predicted octanol–water partition coefficient (Wildman–Crippen LogP) is 3.38. The van der Waals surface area contributed by atoms with Gasteiger partial charge in [-0.15, -0.1) is 0 Å². The van der Waals surface area contributed by atoms with Gasteiger partial charge in [0.2, 0.25) is 0 Å². The van der Waals surface area contributed by atoms with Gasteiger partial charge < -0.3 is 9.64 Å². The summed E-state index contributed by atoms with van der Waals surface area (Å²) in [5, 5.41) is 0. The molecule has 0 aliphatic carbocycles. The molecule has 0 saturated carbocycles. The highest BCUT2D eigenvalue weighted by molar-refractivity contribution is 6.02. The molecule has 0 saturated heterocycles. The highest BCUT2D eigenvalue weighted by Gasteiger charge is 2.20. The lowest BCUT2D eigenvalue weighted by Crippen LogP contribution is -2.34. The van der Waals surface area contributed by atoms with Gasteiger partial charge in [0.1, 0.15) is 5.75 Å². The summed E-state index contributed by atoms with van der Waals surface area (Å²) in [6.07, 6.45) is 0. The third-order valence-corrected chi connectivity index (χ3v) is 3.53. The minimum Gasteiger partial charge on any atom is -0.496 e. The van der Waals surface area contributed by atoms with E-state index in [2.05, 4.69) is 25.7 Å². The molecule has 0 aromatic heterocycles. The number of methoxy groups -OCH3 is 1. The summed E-state index contributed by atoms with van der Waals surface area (Å²) in [4.78, 5) is 14.0. The smallest absolute Gasteiger partial charge is 0.165 e. The molecule has 0 amide bonds. The van der Waals surface area contributed by atoms with Gasteiger partial charge in [-0.05, 0) is 31.9 Å². The molecule has 1 rings (SSSR count). The Morgan fingerprint density at radius 3 is 2.33 bits per heavy atom. The summed E-state index contributed by atoms with van der Waals surface area (Å²) < 4.78 is 5.29. The minimum atomic E-state index is 0.0326. The minimum absolute atomic E-state index is 0.0326. The van der Waals surface area contributed by atoms with Crippen LogP contribution in [0.5, 0.6) is 5.75 Å². The lowest BCUT2D eigenvalue weighted by molar-refractivity contribution is 0.101. The van der Waals surface area contributed by atoms with Crippen molar-refractivity contribution in [3.8, 4) is 5.75 Å². The van der Waals surface area contributed by atoms with Crippen molar-refractivity contribution < 1.29 is 9.53 Å². The van der Waals surface area contributed by atoms with Crippen LogP contribution in [0.15, 0.2) is 18.2 Å². The fourth-order valence-electron chi connectivity index (χ4n) is 2.00. The summed E-state index contributed by atoms with van der Waals surface area (Å²) in [6, 6.07) is 6.08. The van der Waals surface area contributed by atoms with E-state index in [0.717, 1.165) is 5.69 Å². The zero-order valence-corrected chi connectivity index (χ0v) is 12.2. The van der Waals surface area contributed by atoms with Crippen LogP contribution in [0.4, 0.5) is 5.69 Å². The number of hydrogen-bond acceptors (Lipinski definition) is 3. The van der Waals surface area contributed by atoms with Gasteiger partial charge in [-0.2, -0.15) is 0 Å². The van der Waals surface area contributed by atoms with Crippen LogP contribution in [-0.2, 0) is 0 Å². The molecule has 0 aliphatic rings. The maximum atomic E-state index is 11.8. The zero-order chi connectivity index (χ0) is 13.9. The van der Waals surface area contributed by atoms with E-state index in [1.807, 2.05) is 25.2 Å². The van der Waals surface area contributed by atoms with Gasteiger partial charge in [0.15, 0.2) is 5.78 Å². The van der Waals surface area contributed by atoms with Gasteiger partial charge in [-0.1, -0.05) is 19.9 Å². The Labute approximate surface area is 110 Å². The van der Waals surface area contributed by atoms with Gasteiger partial charge in [0, 0.05) is 13.1 Å². The number of Topliss-reactive ketones (excluding diaryl/α,β-unsaturated/α-hetero) is 1. The molecule has 100 valence electrons. The Kier molecular flexibility index (Phi) is 4.76. The van der Waals surface area contributed by atoms with E-state index >= 15 is 0 Å². The maximum absolute atomic E-state index is 11.8. The first kappa shape index (κ1) is 14.6. The second-order valence-electron chi connectivity index (χ2n) is 5.01. The number of benzene rings is 1. The number of carbonyl (C=O) groups excluding carboxylic acids is 1. The fraction of sp³-hybridized carbons (Fsp3) is 0.533. The number of hydrogen-bond donors (Lipinski definition) is 0. The molecule has 0 bridgehead atoms.